The Bertz CT molecular complexity index is 211. The van der Waals surface area contributed by atoms with Crippen molar-refractivity contribution in [3.8, 4) is 0 Å². The van der Waals surface area contributed by atoms with Crippen LogP contribution in [-0.2, 0) is 6.54 Å². The van der Waals surface area contributed by atoms with Gasteiger partial charge in [0.1, 0.15) is 0 Å². The monoisotopic (exact) mass is 271 g/mol. The van der Waals surface area contributed by atoms with E-state index in [1.807, 2.05) is 5.83 Å². The minimum Gasteiger partial charge on any atom is -0.313 e. The molecule has 1 rings (SSSR count). The zero-order chi connectivity index (χ0) is 11.4. The van der Waals surface area contributed by atoms with Crippen molar-refractivity contribution in [2.75, 3.05) is 12.4 Å². The lowest BCUT2D eigenvalue weighted by Crippen LogP contribution is -2.14. The minimum atomic E-state index is 1.00. The molecular formula is C13H22BrN. The molecule has 0 aromatic heterocycles. The predicted octanol–water partition coefficient (Wildman–Crippen LogP) is 3.98. The summed E-state index contributed by atoms with van der Waals surface area (Å²) in [6.07, 6.45) is 3.93. The zero-order valence-corrected chi connectivity index (χ0v) is 11.4. The highest BCUT2D eigenvalue weighted by Crippen LogP contribution is 1.97. The molecule has 2 heteroatoms. The van der Waals surface area contributed by atoms with Gasteiger partial charge in [0, 0.05) is 6.54 Å². The van der Waals surface area contributed by atoms with Crippen molar-refractivity contribution in [3.63, 3.8) is 0 Å². The summed E-state index contributed by atoms with van der Waals surface area (Å²) in [5.41, 5.74) is 1.37. The Labute approximate surface area is 102 Å². The van der Waals surface area contributed by atoms with Gasteiger partial charge in [-0.25, -0.2) is 0 Å². The smallest absolute Gasteiger partial charge is 0.0205 e. The molecule has 1 aromatic carbocycles. The molecule has 0 heterocycles. The average molecular weight is 272 g/mol. The Morgan fingerprint density at radius 1 is 1.07 bits per heavy atom. The number of unbranched alkanes of at least 4 members (excludes halogenated alkanes) is 2. The lowest BCUT2D eigenvalue weighted by atomic mass is 10.2. The molecule has 0 bridgehead atoms. The first-order chi connectivity index (χ1) is 7.43. The molecule has 0 unspecified atom stereocenters. The fourth-order valence-electron chi connectivity index (χ4n) is 1.33. The standard InChI is InChI=1S/C12H19N.CH3Br/c1-2-3-7-10-13-11-12-8-5-4-6-9-12;1-2/h4-6,8-9,13H,2-3,7,10-11H2,1H3;1H3. The highest BCUT2D eigenvalue weighted by molar-refractivity contribution is 9.08. The Kier molecular flexibility index (Phi) is 11.5. The van der Waals surface area contributed by atoms with E-state index in [0.717, 1.165) is 13.1 Å². The van der Waals surface area contributed by atoms with Crippen LogP contribution in [0.3, 0.4) is 0 Å². The second-order valence-electron chi connectivity index (χ2n) is 3.37. The molecule has 0 spiro atoms. The van der Waals surface area contributed by atoms with Crippen LogP contribution in [0.2, 0.25) is 0 Å². The molecule has 1 aromatic rings. The first kappa shape index (κ1) is 14.7. The van der Waals surface area contributed by atoms with Gasteiger partial charge in [0.15, 0.2) is 0 Å². The van der Waals surface area contributed by atoms with Gasteiger partial charge in [-0.15, -0.1) is 0 Å². The maximum atomic E-state index is 3.44. The van der Waals surface area contributed by atoms with Gasteiger partial charge >= 0.3 is 0 Å². The highest BCUT2D eigenvalue weighted by Gasteiger charge is 1.89. The second kappa shape index (κ2) is 11.7. The fraction of sp³-hybridized carbons (Fsp3) is 0.538. The molecule has 86 valence electrons. The van der Waals surface area contributed by atoms with Crippen LogP contribution < -0.4 is 5.32 Å². The molecule has 0 atom stereocenters. The molecule has 0 aliphatic rings. The Balaban J connectivity index is 0.000000921. The van der Waals surface area contributed by atoms with Crippen molar-refractivity contribution < 1.29 is 0 Å². The third kappa shape index (κ3) is 8.64. The van der Waals surface area contributed by atoms with E-state index in [2.05, 4.69) is 58.5 Å². The Morgan fingerprint density at radius 3 is 2.33 bits per heavy atom. The van der Waals surface area contributed by atoms with Crippen molar-refractivity contribution in [2.24, 2.45) is 0 Å². The summed E-state index contributed by atoms with van der Waals surface area (Å²) in [5, 5.41) is 3.44. The van der Waals surface area contributed by atoms with Crippen molar-refractivity contribution in [1.29, 1.82) is 0 Å². The van der Waals surface area contributed by atoms with E-state index in [0.29, 0.717) is 0 Å². The van der Waals surface area contributed by atoms with Crippen LogP contribution >= 0.6 is 15.9 Å². The average Bonchev–Trinajstić information content (AvgIpc) is 2.33. The van der Waals surface area contributed by atoms with E-state index >= 15 is 0 Å². The lowest BCUT2D eigenvalue weighted by Gasteiger charge is -2.03. The normalized spacial score (nSPS) is 9.27. The van der Waals surface area contributed by atoms with Crippen LogP contribution in [0.25, 0.3) is 0 Å². The number of rotatable bonds is 6. The van der Waals surface area contributed by atoms with E-state index in [1.54, 1.807) is 0 Å². The van der Waals surface area contributed by atoms with E-state index in [4.69, 9.17) is 0 Å². The van der Waals surface area contributed by atoms with Gasteiger partial charge in [-0.3, -0.25) is 0 Å². The molecule has 0 aliphatic heterocycles. The van der Waals surface area contributed by atoms with Gasteiger partial charge in [-0.05, 0) is 24.4 Å². The number of halogens is 1. The molecule has 0 aliphatic carbocycles. The molecular weight excluding hydrogens is 250 g/mol. The largest absolute Gasteiger partial charge is 0.313 e. The topological polar surface area (TPSA) is 12.0 Å². The number of alkyl halides is 1. The fourth-order valence-corrected chi connectivity index (χ4v) is 1.33. The van der Waals surface area contributed by atoms with E-state index in [9.17, 15) is 0 Å². The van der Waals surface area contributed by atoms with Crippen LogP contribution in [0.4, 0.5) is 0 Å². The number of nitrogens with one attached hydrogen (secondary N) is 1. The van der Waals surface area contributed by atoms with Gasteiger partial charge in [-0.1, -0.05) is 66.0 Å². The quantitative estimate of drug-likeness (QED) is 0.610. The summed E-state index contributed by atoms with van der Waals surface area (Å²) in [5.74, 6) is 1.81. The SMILES string of the molecule is CBr.CCCCCNCc1ccccc1. The lowest BCUT2D eigenvalue weighted by molar-refractivity contribution is 0.617. The molecule has 0 fully saturated rings. The van der Waals surface area contributed by atoms with E-state index in [-0.39, 0.29) is 0 Å². The van der Waals surface area contributed by atoms with Gasteiger partial charge < -0.3 is 5.32 Å². The van der Waals surface area contributed by atoms with Gasteiger partial charge in [-0.2, -0.15) is 0 Å². The van der Waals surface area contributed by atoms with Crippen LogP contribution in [0.15, 0.2) is 30.3 Å². The number of hydrogen-bond donors (Lipinski definition) is 1. The molecule has 0 amide bonds. The maximum absolute atomic E-state index is 3.44. The molecule has 0 saturated carbocycles. The summed E-state index contributed by atoms with van der Waals surface area (Å²) < 4.78 is 0. The van der Waals surface area contributed by atoms with Crippen molar-refractivity contribution in [3.05, 3.63) is 35.9 Å². The molecule has 15 heavy (non-hydrogen) atoms. The predicted molar refractivity (Wildman–Crippen MR) is 72.5 cm³/mol. The first-order valence-electron chi connectivity index (χ1n) is 5.56. The van der Waals surface area contributed by atoms with Gasteiger partial charge in [0.2, 0.25) is 0 Å². The van der Waals surface area contributed by atoms with Crippen LogP contribution in [0, 0.1) is 0 Å². The van der Waals surface area contributed by atoms with E-state index < -0.39 is 0 Å². The summed E-state index contributed by atoms with van der Waals surface area (Å²) in [4.78, 5) is 0. The molecule has 0 radical (unpaired) electrons. The van der Waals surface area contributed by atoms with Crippen LogP contribution in [0.1, 0.15) is 31.7 Å². The Morgan fingerprint density at radius 2 is 1.73 bits per heavy atom. The zero-order valence-electron chi connectivity index (χ0n) is 9.80. The van der Waals surface area contributed by atoms with Crippen LogP contribution in [-0.4, -0.2) is 12.4 Å². The Hall–Kier alpha value is -0.340. The maximum Gasteiger partial charge on any atom is 0.0205 e. The van der Waals surface area contributed by atoms with Crippen molar-refractivity contribution in [2.45, 2.75) is 32.7 Å². The summed E-state index contributed by atoms with van der Waals surface area (Å²) >= 11 is 2.94. The minimum absolute atomic E-state index is 1.00. The van der Waals surface area contributed by atoms with Gasteiger partial charge in [0.05, 0.1) is 0 Å². The molecule has 0 saturated heterocycles. The third-order valence-electron chi connectivity index (χ3n) is 2.13. The molecule has 1 N–H and O–H groups in total. The van der Waals surface area contributed by atoms with Crippen molar-refractivity contribution >= 4 is 15.9 Å². The van der Waals surface area contributed by atoms with Crippen LogP contribution in [0.5, 0.6) is 0 Å². The number of benzene rings is 1. The van der Waals surface area contributed by atoms with Crippen molar-refractivity contribution in [1.82, 2.24) is 5.32 Å². The highest BCUT2D eigenvalue weighted by atomic mass is 79.9. The second-order valence-corrected chi connectivity index (χ2v) is 3.37. The first-order valence-corrected chi connectivity index (χ1v) is 7.14. The van der Waals surface area contributed by atoms with Gasteiger partial charge in [0.25, 0.3) is 0 Å². The summed E-state index contributed by atoms with van der Waals surface area (Å²) in [6.45, 7) is 4.38. The molecule has 1 nitrogen and oxygen atoms in total. The number of hydrogen-bond acceptors (Lipinski definition) is 1. The third-order valence-corrected chi connectivity index (χ3v) is 2.13. The summed E-state index contributed by atoms with van der Waals surface area (Å²) in [7, 11) is 0. The van der Waals surface area contributed by atoms with E-state index in [1.165, 1.54) is 24.8 Å². The summed E-state index contributed by atoms with van der Waals surface area (Å²) in [6, 6.07) is 10.5.